The highest BCUT2D eigenvalue weighted by atomic mass is 35.5. The number of rotatable bonds is 0. The van der Waals surface area contributed by atoms with E-state index in [0.29, 0.717) is 0 Å². The molecule has 3 nitrogen and oxygen atoms in total. The first-order valence-electron chi connectivity index (χ1n) is 6.81. The molecular formula is C16H10ClF3N2O. The lowest BCUT2D eigenvalue weighted by Crippen LogP contribution is -2.59. The lowest BCUT2D eigenvalue weighted by molar-refractivity contribution is -0.178. The Hall–Kier alpha value is -2.31. The van der Waals surface area contributed by atoms with Crippen LogP contribution in [0.5, 0.6) is 0 Å². The topological polar surface area (TPSA) is 41.1 Å². The van der Waals surface area contributed by atoms with Crippen LogP contribution in [0.4, 0.5) is 23.7 Å². The van der Waals surface area contributed by atoms with Gasteiger partial charge < -0.3 is 10.6 Å². The highest BCUT2D eigenvalue weighted by molar-refractivity contribution is 6.34. The molecule has 118 valence electrons. The van der Waals surface area contributed by atoms with Crippen LogP contribution < -0.4 is 10.6 Å². The quantitative estimate of drug-likeness (QED) is 0.697. The molecule has 0 radical (unpaired) electrons. The monoisotopic (exact) mass is 338 g/mol. The summed E-state index contributed by atoms with van der Waals surface area (Å²) in [5.74, 6) is 9.75. The van der Waals surface area contributed by atoms with Crippen molar-refractivity contribution in [2.75, 3.05) is 5.32 Å². The molecule has 0 unspecified atom stereocenters. The SMILES string of the molecule is O=C1Nc2c(Cl)cccc2[C@@](C#CC#CC2CC2)(C(F)(F)F)N1. The fourth-order valence-electron chi connectivity index (χ4n) is 2.23. The van der Waals surface area contributed by atoms with E-state index in [9.17, 15) is 18.0 Å². The first kappa shape index (κ1) is 15.6. The van der Waals surface area contributed by atoms with Gasteiger partial charge in [-0.15, -0.1) is 0 Å². The van der Waals surface area contributed by atoms with Gasteiger partial charge in [-0.2, -0.15) is 13.2 Å². The van der Waals surface area contributed by atoms with Crippen molar-refractivity contribution < 1.29 is 18.0 Å². The average molecular weight is 339 g/mol. The summed E-state index contributed by atoms with van der Waals surface area (Å²) in [7, 11) is 0. The van der Waals surface area contributed by atoms with Crippen LogP contribution >= 0.6 is 11.6 Å². The molecule has 0 aromatic heterocycles. The average Bonchev–Trinajstić information content (AvgIpc) is 3.27. The second-order valence-electron chi connectivity index (χ2n) is 5.28. The zero-order chi connectivity index (χ0) is 16.7. The molecule has 1 aromatic rings. The molecule has 1 atom stereocenters. The van der Waals surface area contributed by atoms with Crippen LogP contribution in [0, 0.1) is 29.6 Å². The molecule has 7 heteroatoms. The third-order valence-corrected chi connectivity index (χ3v) is 3.86. The third-order valence-electron chi connectivity index (χ3n) is 3.55. The zero-order valence-corrected chi connectivity index (χ0v) is 12.4. The van der Waals surface area contributed by atoms with Crippen LogP contribution in [0.1, 0.15) is 18.4 Å². The van der Waals surface area contributed by atoms with Crippen molar-refractivity contribution in [1.29, 1.82) is 0 Å². The summed E-state index contributed by atoms with van der Waals surface area (Å²) in [6, 6.07) is 2.98. The van der Waals surface area contributed by atoms with Crippen molar-refractivity contribution >= 4 is 23.3 Å². The molecule has 2 amide bonds. The molecular weight excluding hydrogens is 329 g/mol. The summed E-state index contributed by atoms with van der Waals surface area (Å²) in [6.07, 6.45) is -2.95. The van der Waals surface area contributed by atoms with Gasteiger partial charge in [0.05, 0.1) is 10.7 Å². The molecule has 2 N–H and O–H groups in total. The molecule has 1 heterocycles. The molecule has 3 rings (SSSR count). The molecule has 0 saturated heterocycles. The van der Waals surface area contributed by atoms with Gasteiger partial charge >= 0.3 is 12.2 Å². The lowest BCUT2D eigenvalue weighted by Gasteiger charge is -2.37. The Balaban J connectivity index is 2.15. The zero-order valence-electron chi connectivity index (χ0n) is 11.6. The first-order chi connectivity index (χ1) is 10.8. The Kier molecular flexibility index (Phi) is 3.66. The molecule has 1 saturated carbocycles. The second kappa shape index (κ2) is 5.40. The number of urea groups is 1. The fraction of sp³-hybridized carbons (Fsp3) is 0.312. The number of carbonyl (C=O) groups excluding carboxylic acids is 1. The van der Waals surface area contributed by atoms with E-state index in [1.807, 2.05) is 5.32 Å². The van der Waals surface area contributed by atoms with Gasteiger partial charge in [-0.3, -0.25) is 0 Å². The number of halogens is 4. The molecule has 1 aliphatic heterocycles. The van der Waals surface area contributed by atoms with Crippen LogP contribution in [0.25, 0.3) is 0 Å². The summed E-state index contributed by atoms with van der Waals surface area (Å²) in [5, 5.41) is 4.18. The van der Waals surface area contributed by atoms with Crippen LogP contribution in [0.2, 0.25) is 5.02 Å². The summed E-state index contributed by atoms with van der Waals surface area (Å²) in [6.45, 7) is 0. The van der Waals surface area contributed by atoms with Gasteiger partial charge in [-0.05, 0) is 36.7 Å². The lowest BCUT2D eigenvalue weighted by atomic mass is 9.86. The number of fused-ring (bicyclic) bond motifs is 1. The number of hydrogen-bond donors (Lipinski definition) is 2. The fourth-order valence-corrected chi connectivity index (χ4v) is 2.45. The molecule has 1 aromatic carbocycles. The van der Waals surface area contributed by atoms with E-state index in [0.717, 1.165) is 12.8 Å². The number of benzene rings is 1. The van der Waals surface area contributed by atoms with Gasteiger partial charge in [0.2, 0.25) is 5.54 Å². The van der Waals surface area contributed by atoms with E-state index in [1.54, 1.807) is 0 Å². The molecule has 0 spiro atoms. The largest absolute Gasteiger partial charge is 0.427 e. The van der Waals surface area contributed by atoms with Gasteiger partial charge in [-0.25, -0.2) is 4.79 Å². The number of nitrogens with one attached hydrogen (secondary N) is 2. The van der Waals surface area contributed by atoms with Crippen molar-refractivity contribution in [1.82, 2.24) is 5.32 Å². The molecule has 1 aliphatic carbocycles. The van der Waals surface area contributed by atoms with E-state index in [-0.39, 0.29) is 22.2 Å². The van der Waals surface area contributed by atoms with Gasteiger partial charge in [0.15, 0.2) is 0 Å². The predicted molar refractivity (Wildman–Crippen MR) is 79.6 cm³/mol. The normalized spacial score (nSPS) is 22.5. The highest BCUT2D eigenvalue weighted by Gasteiger charge is 2.59. The number of anilines is 1. The summed E-state index contributed by atoms with van der Waals surface area (Å²) in [4.78, 5) is 11.7. The van der Waals surface area contributed by atoms with Gasteiger partial charge in [0, 0.05) is 11.5 Å². The molecule has 2 aliphatic rings. The van der Waals surface area contributed by atoms with Crippen LogP contribution in [0.15, 0.2) is 18.2 Å². The Morgan fingerprint density at radius 3 is 2.65 bits per heavy atom. The molecule has 23 heavy (non-hydrogen) atoms. The Labute approximate surface area is 135 Å². The smallest absolute Gasteiger partial charge is 0.310 e. The number of carbonyl (C=O) groups is 1. The molecule has 0 bridgehead atoms. The highest BCUT2D eigenvalue weighted by Crippen LogP contribution is 2.45. The number of amides is 2. The number of para-hydroxylation sites is 1. The predicted octanol–water partition coefficient (Wildman–Crippen LogP) is 3.65. The Bertz CT molecular complexity index is 794. The van der Waals surface area contributed by atoms with E-state index in [4.69, 9.17) is 11.6 Å². The van der Waals surface area contributed by atoms with Gasteiger partial charge in [0.25, 0.3) is 0 Å². The number of alkyl halides is 3. The van der Waals surface area contributed by atoms with Crippen molar-refractivity contribution in [3.05, 3.63) is 28.8 Å². The number of hydrogen-bond acceptors (Lipinski definition) is 1. The van der Waals surface area contributed by atoms with Gasteiger partial charge in [0.1, 0.15) is 0 Å². The van der Waals surface area contributed by atoms with Crippen molar-refractivity contribution in [2.45, 2.75) is 24.6 Å². The maximum atomic E-state index is 13.7. The maximum Gasteiger partial charge on any atom is 0.427 e. The minimum absolute atomic E-state index is 0.0110. The Morgan fingerprint density at radius 2 is 2.00 bits per heavy atom. The van der Waals surface area contributed by atoms with Crippen LogP contribution in [-0.4, -0.2) is 12.2 Å². The van der Waals surface area contributed by atoms with E-state index in [1.165, 1.54) is 18.2 Å². The van der Waals surface area contributed by atoms with Crippen molar-refractivity contribution in [2.24, 2.45) is 5.92 Å². The van der Waals surface area contributed by atoms with E-state index in [2.05, 4.69) is 29.0 Å². The third kappa shape index (κ3) is 2.83. The van der Waals surface area contributed by atoms with Crippen molar-refractivity contribution in [3.63, 3.8) is 0 Å². The Morgan fingerprint density at radius 1 is 1.26 bits per heavy atom. The second-order valence-corrected chi connectivity index (χ2v) is 5.69. The molecule has 1 fully saturated rings. The minimum Gasteiger partial charge on any atom is -0.310 e. The summed E-state index contributed by atoms with van der Waals surface area (Å²) in [5.41, 5.74) is -3.19. The van der Waals surface area contributed by atoms with Crippen LogP contribution in [-0.2, 0) is 5.54 Å². The maximum absolute atomic E-state index is 13.7. The minimum atomic E-state index is -4.83. The van der Waals surface area contributed by atoms with Crippen molar-refractivity contribution in [3.8, 4) is 23.7 Å². The van der Waals surface area contributed by atoms with Crippen LogP contribution in [0.3, 0.4) is 0 Å². The van der Waals surface area contributed by atoms with Gasteiger partial charge in [-0.1, -0.05) is 29.7 Å². The standard InChI is InChI=1S/C16H10ClF3N2O/c17-12-6-3-5-11-13(12)21-14(23)22-15(11,16(18,19)20)9-2-1-4-10-7-8-10/h3,5-6,10H,7-8H2,(H2,21,22,23)/t15-/m0/s1. The van der Waals surface area contributed by atoms with E-state index >= 15 is 0 Å². The van der Waals surface area contributed by atoms with E-state index < -0.39 is 17.7 Å². The first-order valence-corrected chi connectivity index (χ1v) is 7.19. The summed E-state index contributed by atoms with van der Waals surface area (Å²) >= 11 is 5.91. The summed E-state index contributed by atoms with van der Waals surface area (Å²) < 4.78 is 41.2.